The quantitative estimate of drug-likeness (QED) is 0.617. The average Bonchev–Trinajstić information content (AvgIpc) is 2.87. The lowest BCUT2D eigenvalue weighted by atomic mass is 9.89. The molecule has 3 fully saturated rings. The second-order valence-corrected chi connectivity index (χ2v) is 9.64. The van der Waals surface area contributed by atoms with Crippen LogP contribution in [-0.2, 0) is 14.3 Å². The highest BCUT2D eigenvalue weighted by molar-refractivity contribution is 6.30. The fourth-order valence-corrected chi connectivity index (χ4v) is 5.41. The lowest BCUT2D eigenvalue weighted by molar-refractivity contribution is -0.154. The number of rotatable bonds is 4. The van der Waals surface area contributed by atoms with Crippen LogP contribution < -0.4 is 4.90 Å². The summed E-state index contributed by atoms with van der Waals surface area (Å²) in [5, 5.41) is 0.606. The number of anilines is 1. The first kappa shape index (κ1) is 22.8. The van der Waals surface area contributed by atoms with Crippen molar-refractivity contribution in [3.63, 3.8) is 0 Å². The van der Waals surface area contributed by atoms with Crippen molar-refractivity contribution in [3.8, 4) is 0 Å². The molecule has 1 aliphatic carbocycles. The average molecular weight is 480 g/mol. The van der Waals surface area contributed by atoms with Crippen molar-refractivity contribution in [1.82, 2.24) is 9.80 Å². The molecule has 2 saturated heterocycles. The molecule has 0 aromatic heterocycles. The number of nitrogens with zero attached hydrogens (tertiary/aromatic N) is 3. The predicted octanol–water partition coefficient (Wildman–Crippen LogP) is 4.20. The van der Waals surface area contributed by atoms with E-state index in [1.807, 2.05) is 35.2 Å². The van der Waals surface area contributed by atoms with Crippen LogP contribution in [0.15, 0.2) is 60.4 Å². The van der Waals surface area contributed by atoms with Crippen LogP contribution in [0.5, 0.6) is 0 Å². The molecule has 5 rings (SSSR count). The highest BCUT2D eigenvalue weighted by atomic mass is 35.5. The first-order valence-corrected chi connectivity index (χ1v) is 12.5. The fourth-order valence-electron chi connectivity index (χ4n) is 5.21. The van der Waals surface area contributed by atoms with E-state index in [0.717, 1.165) is 44.3 Å². The molecular weight excluding hydrogens is 450 g/mol. The van der Waals surface area contributed by atoms with Crippen LogP contribution >= 0.6 is 11.6 Å². The number of hydrogen-bond donors (Lipinski definition) is 0. The Morgan fingerprint density at radius 3 is 2.53 bits per heavy atom. The molecule has 2 aromatic carbocycles. The van der Waals surface area contributed by atoms with Gasteiger partial charge in [-0.15, -0.1) is 0 Å². The van der Waals surface area contributed by atoms with Gasteiger partial charge in [-0.05, 0) is 55.2 Å². The molecule has 2 heterocycles. The van der Waals surface area contributed by atoms with Gasteiger partial charge in [0, 0.05) is 36.9 Å². The van der Waals surface area contributed by atoms with Crippen molar-refractivity contribution in [3.05, 3.63) is 70.9 Å². The molecule has 178 valence electrons. The number of hydrogen-bond acceptors (Lipinski definition) is 4. The van der Waals surface area contributed by atoms with Gasteiger partial charge >= 0.3 is 0 Å². The van der Waals surface area contributed by atoms with E-state index in [1.165, 1.54) is 5.69 Å². The number of morpholine rings is 1. The number of amides is 2. The predicted molar refractivity (Wildman–Crippen MR) is 134 cm³/mol. The van der Waals surface area contributed by atoms with Gasteiger partial charge in [-0.1, -0.05) is 48.4 Å². The van der Waals surface area contributed by atoms with Gasteiger partial charge in [0.15, 0.2) is 5.76 Å². The molecule has 34 heavy (non-hydrogen) atoms. The van der Waals surface area contributed by atoms with Gasteiger partial charge in [-0.25, -0.2) is 0 Å². The Hall–Kier alpha value is -2.99. The minimum atomic E-state index is -0.209. The van der Waals surface area contributed by atoms with E-state index in [-0.39, 0.29) is 30.5 Å². The molecular formula is C27H30ClN3O3. The van der Waals surface area contributed by atoms with Crippen LogP contribution in [-0.4, -0.2) is 66.5 Å². The third-order valence-corrected chi connectivity index (χ3v) is 7.26. The van der Waals surface area contributed by atoms with Gasteiger partial charge in [0.05, 0.1) is 6.04 Å². The van der Waals surface area contributed by atoms with Crippen molar-refractivity contribution in [2.24, 2.45) is 0 Å². The second kappa shape index (κ2) is 10.1. The Morgan fingerprint density at radius 1 is 1.00 bits per heavy atom. The third kappa shape index (κ3) is 4.92. The van der Waals surface area contributed by atoms with Crippen molar-refractivity contribution in [2.45, 2.75) is 37.8 Å². The van der Waals surface area contributed by atoms with Gasteiger partial charge in [-0.2, -0.15) is 0 Å². The highest BCUT2D eigenvalue weighted by Gasteiger charge is 2.42. The zero-order chi connectivity index (χ0) is 23.5. The molecule has 2 unspecified atom stereocenters. The van der Waals surface area contributed by atoms with E-state index in [2.05, 4.69) is 17.0 Å². The van der Waals surface area contributed by atoms with Crippen molar-refractivity contribution in [2.75, 3.05) is 37.6 Å². The molecule has 3 aliphatic rings. The maximum atomic E-state index is 13.4. The summed E-state index contributed by atoms with van der Waals surface area (Å²) in [6.07, 6.45) is 5.56. The maximum absolute atomic E-state index is 13.4. The number of para-hydroxylation sites is 1. The summed E-state index contributed by atoms with van der Waals surface area (Å²) >= 11 is 6.12. The lowest BCUT2D eigenvalue weighted by Crippen LogP contribution is -2.58. The van der Waals surface area contributed by atoms with E-state index >= 15 is 0 Å². The Bertz CT molecular complexity index is 1070. The van der Waals surface area contributed by atoms with Crippen LogP contribution in [0.4, 0.5) is 5.69 Å². The van der Waals surface area contributed by atoms with Gasteiger partial charge in [0.1, 0.15) is 12.6 Å². The summed E-state index contributed by atoms with van der Waals surface area (Å²) in [7, 11) is 0. The van der Waals surface area contributed by atoms with Gasteiger partial charge in [0.2, 0.25) is 5.91 Å². The van der Waals surface area contributed by atoms with Crippen LogP contribution in [0, 0.1) is 0 Å². The number of fused-ring (bicyclic) bond motifs is 1. The van der Waals surface area contributed by atoms with Crippen molar-refractivity contribution < 1.29 is 14.3 Å². The van der Waals surface area contributed by atoms with E-state index in [4.69, 9.17) is 16.3 Å². The summed E-state index contributed by atoms with van der Waals surface area (Å²) in [4.78, 5) is 32.7. The van der Waals surface area contributed by atoms with E-state index in [9.17, 15) is 9.59 Å². The molecule has 2 aliphatic heterocycles. The van der Waals surface area contributed by atoms with E-state index in [0.29, 0.717) is 23.9 Å². The molecule has 0 bridgehead atoms. The smallest absolute Gasteiger partial charge is 0.289 e. The van der Waals surface area contributed by atoms with Gasteiger partial charge < -0.3 is 19.4 Å². The van der Waals surface area contributed by atoms with E-state index < -0.39 is 0 Å². The zero-order valence-corrected chi connectivity index (χ0v) is 20.0. The second-order valence-electron chi connectivity index (χ2n) is 9.21. The lowest BCUT2D eigenvalue weighted by Gasteiger charge is -2.45. The number of carbonyl (C=O) groups excluding carboxylic acids is 2. The molecule has 1 saturated carbocycles. The summed E-state index contributed by atoms with van der Waals surface area (Å²) in [6, 6.07) is 17.6. The minimum Gasteiger partial charge on any atom is -0.482 e. The summed E-state index contributed by atoms with van der Waals surface area (Å²) < 4.78 is 6.16. The molecule has 2 aromatic rings. The SMILES string of the molecule is O=C(CN1C(=O)/C(=C\c2cccc(Cl)c2)OC2CCCCC21)N1CCN(c2ccccc2)CC1. The number of benzene rings is 2. The summed E-state index contributed by atoms with van der Waals surface area (Å²) in [6.45, 7) is 3.00. The number of carbonyl (C=O) groups is 2. The Balaban J connectivity index is 1.29. The maximum Gasteiger partial charge on any atom is 0.289 e. The van der Waals surface area contributed by atoms with Crippen molar-refractivity contribution >= 4 is 35.2 Å². The monoisotopic (exact) mass is 479 g/mol. The fraction of sp³-hybridized carbons (Fsp3) is 0.407. The molecule has 7 heteroatoms. The standard InChI is InChI=1S/C27H30ClN3O3/c28-21-8-6-7-20(17-21)18-25-27(33)31(23-11-4-5-12-24(23)34-25)19-26(32)30-15-13-29(14-16-30)22-9-2-1-3-10-22/h1-3,6-10,17-18,23-24H,4-5,11-16,19H2/b25-18+. The highest BCUT2D eigenvalue weighted by Crippen LogP contribution is 2.33. The van der Waals surface area contributed by atoms with Gasteiger partial charge in [0.25, 0.3) is 5.91 Å². The molecule has 2 amide bonds. The van der Waals surface area contributed by atoms with Crippen LogP contribution in [0.3, 0.4) is 0 Å². The molecule has 6 nitrogen and oxygen atoms in total. The van der Waals surface area contributed by atoms with Crippen LogP contribution in [0.25, 0.3) is 6.08 Å². The first-order valence-electron chi connectivity index (χ1n) is 12.1. The number of halogens is 1. The third-order valence-electron chi connectivity index (χ3n) is 7.02. The van der Waals surface area contributed by atoms with E-state index in [1.54, 1.807) is 23.1 Å². The minimum absolute atomic E-state index is 0.00870. The molecule has 2 atom stereocenters. The Labute approximate surface area is 205 Å². The van der Waals surface area contributed by atoms with Crippen LogP contribution in [0.2, 0.25) is 5.02 Å². The summed E-state index contributed by atoms with van der Waals surface area (Å²) in [5.74, 6) is 0.0981. The Kier molecular flexibility index (Phi) is 6.77. The van der Waals surface area contributed by atoms with Gasteiger partial charge in [-0.3, -0.25) is 9.59 Å². The summed E-state index contributed by atoms with van der Waals surface area (Å²) in [5.41, 5.74) is 1.99. The number of ether oxygens (including phenoxy) is 1. The number of piperazine rings is 1. The first-order chi connectivity index (χ1) is 16.6. The topological polar surface area (TPSA) is 53.1 Å². The normalized spacial score (nSPS) is 24.1. The molecule has 0 N–H and O–H groups in total. The molecule has 0 radical (unpaired) electrons. The molecule has 0 spiro atoms. The Morgan fingerprint density at radius 2 is 1.76 bits per heavy atom. The largest absolute Gasteiger partial charge is 0.482 e. The van der Waals surface area contributed by atoms with Crippen LogP contribution in [0.1, 0.15) is 31.2 Å². The van der Waals surface area contributed by atoms with Crippen molar-refractivity contribution in [1.29, 1.82) is 0 Å². The zero-order valence-electron chi connectivity index (χ0n) is 19.2.